The maximum atomic E-state index is 12.7. The second kappa shape index (κ2) is 4.64. The summed E-state index contributed by atoms with van der Waals surface area (Å²) in [6.45, 7) is 0. The van der Waals surface area contributed by atoms with Gasteiger partial charge in [-0.25, -0.2) is 17.7 Å². The van der Waals surface area contributed by atoms with E-state index in [-0.39, 0.29) is 4.90 Å². The maximum absolute atomic E-state index is 12.7. The number of ether oxygens (including phenoxy) is 1. The molecule has 2 aromatic rings. The van der Waals surface area contributed by atoms with Crippen molar-refractivity contribution >= 4 is 27.7 Å². The van der Waals surface area contributed by atoms with Crippen LogP contribution in [0.15, 0.2) is 58.4 Å². The van der Waals surface area contributed by atoms with Crippen molar-refractivity contribution in [1.82, 2.24) is 0 Å². The second-order valence-electron chi connectivity index (χ2n) is 4.19. The standard InChI is InChI=1S/C14H12N2O3S/c1-19-13-8-4-3-7-12(13)16-10-15-11-6-2-5-9-14(11)20(16,17)18/h2-10H,1H3. The second-order valence-corrected chi connectivity index (χ2v) is 5.97. The molecule has 0 aromatic heterocycles. The number of para-hydroxylation sites is 3. The lowest BCUT2D eigenvalue weighted by molar-refractivity contribution is 0.416. The van der Waals surface area contributed by atoms with E-state index >= 15 is 0 Å². The predicted molar refractivity (Wildman–Crippen MR) is 77.3 cm³/mol. The van der Waals surface area contributed by atoms with Crippen LogP contribution in [-0.2, 0) is 10.0 Å². The zero-order valence-corrected chi connectivity index (χ0v) is 11.5. The number of hydrogen-bond donors (Lipinski definition) is 0. The Balaban J connectivity index is 2.19. The highest BCUT2D eigenvalue weighted by atomic mass is 32.2. The Morgan fingerprint density at radius 2 is 1.75 bits per heavy atom. The van der Waals surface area contributed by atoms with Gasteiger partial charge in [0.05, 0.1) is 12.8 Å². The average molecular weight is 288 g/mol. The third-order valence-corrected chi connectivity index (χ3v) is 4.74. The van der Waals surface area contributed by atoms with Gasteiger partial charge in [-0.05, 0) is 24.3 Å². The van der Waals surface area contributed by atoms with E-state index in [9.17, 15) is 8.42 Å². The lowest BCUT2D eigenvalue weighted by Gasteiger charge is -2.25. The van der Waals surface area contributed by atoms with Crippen LogP contribution in [0.4, 0.5) is 11.4 Å². The molecule has 0 atom stereocenters. The summed E-state index contributed by atoms with van der Waals surface area (Å²) >= 11 is 0. The summed E-state index contributed by atoms with van der Waals surface area (Å²) in [6, 6.07) is 13.6. The molecule has 5 nitrogen and oxygen atoms in total. The highest BCUT2D eigenvalue weighted by Gasteiger charge is 2.31. The van der Waals surface area contributed by atoms with Gasteiger partial charge in [0.2, 0.25) is 0 Å². The third-order valence-electron chi connectivity index (χ3n) is 3.03. The number of sulfonamides is 1. The largest absolute Gasteiger partial charge is 0.495 e. The van der Waals surface area contributed by atoms with Gasteiger partial charge in [0.15, 0.2) is 0 Å². The van der Waals surface area contributed by atoms with Crippen LogP contribution >= 0.6 is 0 Å². The first-order chi connectivity index (χ1) is 9.64. The zero-order valence-electron chi connectivity index (χ0n) is 10.7. The van der Waals surface area contributed by atoms with Gasteiger partial charge < -0.3 is 4.74 Å². The minimum atomic E-state index is -3.66. The van der Waals surface area contributed by atoms with Gasteiger partial charge >= 0.3 is 0 Å². The molecule has 102 valence electrons. The molecule has 0 saturated heterocycles. The van der Waals surface area contributed by atoms with E-state index in [1.54, 1.807) is 48.5 Å². The van der Waals surface area contributed by atoms with E-state index in [0.29, 0.717) is 17.1 Å². The molecule has 0 saturated carbocycles. The number of fused-ring (bicyclic) bond motifs is 1. The zero-order chi connectivity index (χ0) is 14.2. The van der Waals surface area contributed by atoms with Gasteiger partial charge in [-0.15, -0.1) is 0 Å². The summed E-state index contributed by atoms with van der Waals surface area (Å²) in [5, 5.41) is 0. The molecule has 0 fully saturated rings. The minimum Gasteiger partial charge on any atom is -0.495 e. The Morgan fingerprint density at radius 1 is 1.05 bits per heavy atom. The third kappa shape index (κ3) is 1.85. The fourth-order valence-corrected chi connectivity index (χ4v) is 3.50. The molecule has 1 aliphatic rings. The van der Waals surface area contributed by atoms with Crippen molar-refractivity contribution in [2.24, 2.45) is 4.99 Å². The number of benzene rings is 2. The molecule has 0 unspecified atom stereocenters. The van der Waals surface area contributed by atoms with Crippen LogP contribution in [0.1, 0.15) is 0 Å². The van der Waals surface area contributed by atoms with Crippen molar-refractivity contribution in [2.75, 3.05) is 11.4 Å². The highest BCUT2D eigenvalue weighted by molar-refractivity contribution is 7.93. The monoisotopic (exact) mass is 288 g/mol. The van der Waals surface area contributed by atoms with Crippen molar-refractivity contribution in [2.45, 2.75) is 4.90 Å². The van der Waals surface area contributed by atoms with Crippen molar-refractivity contribution in [3.8, 4) is 5.75 Å². The van der Waals surface area contributed by atoms with Gasteiger partial charge in [-0.1, -0.05) is 24.3 Å². The number of rotatable bonds is 2. The smallest absolute Gasteiger partial charge is 0.271 e. The van der Waals surface area contributed by atoms with Crippen LogP contribution in [0.25, 0.3) is 0 Å². The van der Waals surface area contributed by atoms with Crippen molar-refractivity contribution in [3.05, 3.63) is 48.5 Å². The number of aliphatic imine (C=N–C) groups is 1. The molecule has 0 bridgehead atoms. The number of anilines is 1. The van der Waals surface area contributed by atoms with Gasteiger partial charge in [0.1, 0.15) is 22.7 Å². The average Bonchev–Trinajstić information content (AvgIpc) is 2.47. The van der Waals surface area contributed by atoms with Crippen molar-refractivity contribution < 1.29 is 13.2 Å². The van der Waals surface area contributed by atoms with E-state index in [0.717, 1.165) is 4.31 Å². The first kappa shape index (κ1) is 12.7. The fourth-order valence-electron chi connectivity index (χ4n) is 2.07. The molecular formula is C14H12N2O3S. The summed E-state index contributed by atoms with van der Waals surface area (Å²) < 4.78 is 31.6. The minimum absolute atomic E-state index is 0.188. The fraction of sp³-hybridized carbons (Fsp3) is 0.0714. The van der Waals surface area contributed by atoms with Gasteiger partial charge in [-0.3, -0.25) is 0 Å². The first-order valence-electron chi connectivity index (χ1n) is 5.95. The van der Waals surface area contributed by atoms with Crippen LogP contribution < -0.4 is 9.04 Å². The van der Waals surface area contributed by atoms with Crippen LogP contribution in [0.3, 0.4) is 0 Å². The molecule has 20 heavy (non-hydrogen) atoms. The maximum Gasteiger partial charge on any atom is 0.271 e. The number of methoxy groups -OCH3 is 1. The van der Waals surface area contributed by atoms with E-state index in [4.69, 9.17) is 4.74 Å². The van der Waals surface area contributed by atoms with Crippen LogP contribution in [-0.4, -0.2) is 21.9 Å². The number of hydrogen-bond acceptors (Lipinski definition) is 4. The Labute approximate surface area is 117 Å². The molecule has 0 radical (unpaired) electrons. The Bertz CT molecular complexity index is 785. The van der Waals surface area contributed by atoms with Crippen LogP contribution in [0.5, 0.6) is 5.75 Å². The summed E-state index contributed by atoms with van der Waals surface area (Å²) in [5.74, 6) is 0.474. The van der Waals surface area contributed by atoms with E-state index in [2.05, 4.69) is 4.99 Å². The normalized spacial score (nSPS) is 15.8. The lowest BCUT2D eigenvalue weighted by Crippen LogP contribution is -2.32. The van der Waals surface area contributed by atoms with Gasteiger partial charge in [0, 0.05) is 0 Å². The topological polar surface area (TPSA) is 59.0 Å². The van der Waals surface area contributed by atoms with E-state index in [1.165, 1.54) is 13.4 Å². The summed E-state index contributed by atoms with van der Waals surface area (Å²) in [5.41, 5.74) is 0.881. The first-order valence-corrected chi connectivity index (χ1v) is 7.39. The molecule has 1 heterocycles. The molecule has 2 aromatic carbocycles. The van der Waals surface area contributed by atoms with Crippen molar-refractivity contribution in [1.29, 1.82) is 0 Å². The molecule has 0 aliphatic carbocycles. The molecule has 3 rings (SSSR count). The van der Waals surface area contributed by atoms with Gasteiger partial charge in [0.25, 0.3) is 10.0 Å². The summed E-state index contributed by atoms with van der Waals surface area (Å²) in [6.07, 6.45) is 1.30. The quantitative estimate of drug-likeness (QED) is 0.853. The van der Waals surface area contributed by atoms with Crippen LogP contribution in [0.2, 0.25) is 0 Å². The molecular weight excluding hydrogens is 276 g/mol. The molecule has 0 amide bonds. The van der Waals surface area contributed by atoms with Gasteiger partial charge in [-0.2, -0.15) is 0 Å². The Morgan fingerprint density at radius 3 is 2.55 bits per heavy atom. The predicted octanol–water partition coefficient (Wildman–Crippen LogP) is 2.56. The summed E-state index contributed by atoms with van der Waals surface area (Å²) in [4.78, 5) is 4.38. The molecule has 6 heteroatoms. The molecule has 0 spiro atoms. The number of nitrogens with zero attached hydrogens (tertiary/aromatic N) is 2. The van der Waals surface area contributed by atoms with Crippen molar-refractivity contribution in [3.63, 3.8) is 0 Å². The SMILES string of the molecule is COc1ccccc1N1C=Nc2ccccc2S1(=O)=O. The van der Waals surface area contributed by atoms with E-state index < -0.39 is 10.0 Å². The highest BCUT2D eigenvalue weighted by Crippen LogP contribution is 2.36. The Kier molecular flexibility index (Phi) is 2.94. The molecule has 0 N–H and O–H groups in total. The van der Waals surface area contributed by atoms with Crippen LogP contribution in [0, 0.1) is 0 Å². The Hall–Kier alpha value is -2.34. The van der Waals surface area contributed by atoms with E-state index in [1.807, 2.05) is 0 Å². The summed E-state index contributed by atoms with van der Waals surface area (Å²) in [7, 11) is -2.16. The lowest BCUT2D eigenvalue weighted by atomic mass is 10.3. The molecule has 1 aliphatic heterocycles.